The van der Waals surface area contributed by atoms with Gasteiger partial charge in [0.05, 0.1) is 12.1 Å². The molecule has 3 nitrogen and oxygen atoms in total. The number of alkyl halides is 1. The van der Waals surface area contributed by atoms with Gasteiger partial charge in [-0.25, -0.2) is 4.39 Å². The van der Waals surface area contributed by atoms with E-state index in [9.17, 15) is 9.18 Å². The van der Waals surface area contributed by atoms with Crippen molar-refractivity contribution in [1.29, 1.82) is 0 Å². The third-order valence-corrected chi connectivity index (χ3v) is 1.99. The van der Waals surface area contributed by atoms with Crippen LogP contribution in [-0.2, 0) is 0 Å². The lowest BCUT2D eigenvalue weighted by atomic mass is 10.2. The number of methoxy groups -OCH3 is 1. The largest absolute Gasteiger partial charge is 0.493 e. The molecule has 82 valence electrons. The van der Waals surface area contributed by atoms with Crippen LogP contribution in [0.1, 0.15) is 10.4 Å². The van der Waals surface area contributed by atoms with E-state index in [-0.39, 0.29) is 17.4 Å². The third-order valence-electron chi connectivity index (χ3n) is 1.71. The van der Waals surface area contributed by atoms with Crippen molar-refractivity contribution in [3.63, 3.8) is 0 Å². The van der Waals surface area contributed by atoms with Gasteiger partial charge < -0.3 is 9.47 Å². The maximum atomic E-state index is 11.9. The minimum absolute atomic E-state index is 0.101. The van der Waals surface area contributed by atoms with E-state index < -0.39 is 6.67 Å². The number of carbonyl (C=O) groups is 1. The number of benzene rings is 1. The lowest BCUT2D eigenvalue weighted by Crippen LogP contribution is -2.01. The Kier molecular flexibility index (Phi) is 4.37. The van der Waals surface area contributed by atoms with E-state index in [2.05, 4.69) is 0 Å². The molecule has 0 saturated carbocycles. The normalized spacial score (nSPS) is 9.80. The first-order valence-electron chi connectivity index (χ1n) is 4.24. The second kappa shape index (κ2) is 5.56. The molecular formula is C10H10ClFO3. The van der Waals surface area contributed by atoms with E-state index in [1.807, 2.05) is 0 Å². The smallest absolute Gasteiger partial charge is 0.179 e. The molecule has 0 saturated heterocycles. The molecule has 0 N–H and O–H groups in total. The summed E-state index contributed by atoms with van der Waals surface area (Å²) in [7, 11) is 1.42. The molecule has 0 heterocycles. The molecule has 5 heteroatoms. The fourth-order valence-electron chi connectivity index (χ4n) is 1.09. The number of hydrogen-bond acceptors (Lipinski definition) is 3. The van der Waals surface area contributed by atoms with Crippen LogP contribution < -0.4 is 9.47 Å². The molecule has 0 aliphatic rings. The Morgan fingerprint density at radius 2 is 2.27 bits per heavy atom. The molecule has 0 atom stereocenters. The highest BCUT2D eigenvalue weighted by Gasteiger charge is 2.11. The van der Waals surface area contributed by atoms with Crippen LogP contribution in [0, 0.1) is 0 Å². The highest BCUT2D eigenvalue weighted by Crippen LogP contribution is 2.35. The van der Waals surface area contributed by atoms with Crippen molar-refractivity contribution in [2.45, 2.75) is 0 Å². The zero-order valence-electron chi connectivity index (χ0n) is 8.13. The summed E-state index contributed by atoms with van der Waals surface area (Å²) in [6, 6.07) is 2.91. The minimum atomic E-state index is -0.616. The average molecular weight is 233 g/mol. The Bertz CT molecular complexity index is 355. The van der Waals surface area contributed by atoms with E-state index in [0.29, 0.717) is 17.6 Å². The molecule has 0 radical (unpaired) electrons. The van der Waals surface area contributed by atoms with Gasteiger partial charge in [0.15, 0.2) is 11.5 Å². The Morgan fingerprint density at radius 3 is 2.80 bits per heavy atom. The predicted molar refractivity (Wildman–Crippen MR) is 54.9 cm³/mol. The second-order valence-corrected chi connectivity index (χ2v) is 3.10. The van der Waals surface area contributed by atoms with Gasteiger partial charge in [0.25, 0.3) is 0 Å². The van der Waals surface area contributed by atoms with Crippen molar-refractivity contribution in [3.8, 4) is 11.5 Å². The molecule has 1 aromatic carbocycles. The third kappa shape index (κ3) is 2.83. The van der Waals surface area contributed by atoms with Gasteiger partial charge in [0.2, 0.25) is 0 Å². The molecule has 0 amide bonds. The topological polar surface area (TPSA) is 35.5 Å². The fraction of sp³-hybridized carbons (Fsp3) is 0.300. The number of aldehydes is 1. The van der Waals surface area contributed by atoms with Gasteiger partial charge in [-0.15, -0.1) is 0 Å². The maximum absolute atomic E-state index is 11.9. The number of carbonyl (C=O) groups excluding carboxylic acids is 1. The van der Waals surface area contributed by atoms with Crippen LogP contribution >= 0.6 is 11.6 Å². The summed E-state index contributed by atoms with van der Waals surface area (Å²) in [4.78, 5) is 10.5. The molecular weight excluding hydrogens is 223 g/mol. The number of halogens is 2. The van der Waals surface area contributed by atoms with Gasteiger partial charge in [-0.2, -0.15) is 0 Å². The first-order chi connectivity index (χ1) is 7.22. The monoisotopic (exact) mass is 232 g/mol. The molecule has 15 heavy (non-hydrogen) atoms. The summed E-state index contributed by atoms with van der Waals surface area (Å²) in [5.41, 5.74) is 0.379. The molecule has 1 rings (SSSR count). The van der Waals surface area contributed by atoms with Crippen LogP contribution in [-0.4, -0.2) is 26.7 Å². The Balaban J connectivity index is 3.06. The van der Waals surface area contributed by atoms with Crippen molar-refractivity contribution in [3.05, 3.63) is 22.7 Å². The maximum Gasteiger partial charge on any atom is 0.179 e. The lowest BCUT2D eigenvalue weighted by Gasteiger charge is -2.11. The average Bonchev–Trinajstić information content (AvgIpc) is 2.26. The van der Waals surface area contributed by atoms with Gasteiger partial charge in [-0.05, 0) is 12.1 Å². The summed E-state index contributed by atoms with van der Waals surface area (Å²) >= 11 is 5.84. The van der Waals surface area contributed by atoms with Gasteiger partial charge in [-0.3, -0.25) is 4.79 Å². The quantitative estimate of drug-likeness (QED) is 0.732. The lowest BCUT2D eigenvalue weighted by molar-refractivity contribution is 0.112. The van der Waals surface area contributed by atoms with Gasteiger partial charge in [0.1, 0.15) is 19.6 Å². The van der Waals surface area contributed by atoms with Crippen molar-refractivity contribution in [2.24, 2.45) is 0 Å². The van der Waals surface area contributed by atoms with E-state index in [1.54, 1.807) is 0 Å². The van der Waals surface area contributed by atoms with Crippen LogP contribution in [0.4, 0.5) is 4.39 Å². The Labute approximate surface area is 91.7 Å². The number of hydrogen-bond donors (Lipinski definition) is 0. The summed E-state index contributed by atoms with van der Waals surface area (Å²) in [5.74, 6) is 0.570. The molecule has 0 spiro atoms. The molecule has 0 bridgehead atoms. The van der Waals surface area contributed by atoms with Crippen molar-refractivity contribution >= 4 is 17.9 Å². The number of rotatable bonds is 5. The number of ether oxygens (including phenoxy) is 2. The second-order valence-electron chi connectivity index (χ2n) is 2.69. The molecule has 0 aromatic heterocycles. The van der Waals surface area contributed by atoms with Gasteiger partial charge >= 0.3 is 0 Å². The van der Waals surface area contributed by atoms with Crippen LogP contribution in [0.5, 0.6) is 11.5 Å². The minimum Gasteiger partial charge on any atom is -0.493 e. The van der Waals surface area contributed by atoms with Crippen LogP contribution in [0.3, 0.4) is 0 Å². The summed E-state index contributed by atoms with van der Waals surface area (Å²) < 4.78 is 22.0. The van der Waals surface area contributed by atoms with Crippen LogP contribution in [0.15, 0.2) is 12.1 Å². The Morgan fingerprint density at radius 1 is 1.53 bits per heavy atom. The zero-order chi connectivity index (χ0) is 11.3. The predicted octanol–water partition coefficient (Wildman–Crippen LogP) is 2.51. The highest BCUT2D eigenvalue weighted by molar-refractivity contribution is 6.32. The summed E-state index contributed by atoms with van der Waals surface area (Å²) in [6.07, 6.45) is 0.646. The fourth-order valence-corrected chi connectivity index (χ4v) is 1.36. The van der Waals surface area contributed by atoms with Gasteiger partial charge in [-0.1, -0.05) is 11.6 Å². The van der Waals surface area contributed by atoms with E-state index in [4.69, 9.17) is 21.1 Å². The highest BCUT2D eigenvalue weighted by atomic mass is 35.5. The molecule has 0 unspecified atom stereocenters. The Hall–Kier alpha value is -1.29. The van der Waals surface area contributed by atoms with Gasteiger partial charge in [0, 0.05) is 5.56 Å². The van der Waals surface area contributed by atoms with Crippen LogP contribution in [0.25, 0.3) is 0 Å². The SMILES string of the molecule is COc1cc(C=O)cc(Cl)c1OCCF. The van der Waals surface area contributed by atoms with Crippen LogP contribution in [0.2, 0.25) is 5.02 Å². The first-order valence-corrected chi connectivity index (χ1v) is 4.62. The first kappa shape index (κ1) is 11.8. The summed E-state index contributed by atoms with van der Waals surface area (Å²) in [6.45, 7) is -0.717. The van der Waals surface area contributed by atoms with Crippen molar-refractivity contribution in [1.82, 2.24) is 0 Å². The van der Waals surface area contributed by atoms with Crippen molar-refractivity contribution in [2.75, 3.05) is 20.4 Å². The van der Waals surface area contributed by atoms with Crippen molar-refractivity contribution < 1.29 is 18.7 Å². The zero-order valence-corrected chi connectivity index (χ0v) is 8.88. The van der Waals surface area contributed by atoms with E-state index in [0.717, 1.165) is 0 Å². The molecule has 0 fully saturated rings. The van der Waals surface area contributed by atoms with E-state index >= 15 is 0 Å². The molecule has 1 aromatic rings. The molecule has 0 aliphatic carbocycles. The molecule has 0 aliphatic heterocycles. The standard InChI is InChI=1S/C10H10ClFO3/c1-14-9-5-7(6-13)4-8(11)10(9)15-3-2-12/h4-6H,2-3H2,1H3. The van der Waals surface area contributed by atoms with E-state index in [1.165, 1.54) is 19.2 Å². The summed E-state index contributed by atoms with van der Waals surface area (Å²) in [5, 5.41) is 0.227.